The minimum Gasteiger partial charge on any atom is -0.396 e. The molecule has 5 N–H and O–H groups in total. The SMILES string of the molecule is CCC(C)(CCO)Nc1cc(NN)nc(COC)n1. The molecule has 0 spiro atoms. The summed E-state index contributed by atoms with van der Waals surface area (Å²) in [7, 11) is 1.58. The van der Waals surface area contributed by atoms with Gasteiger partial charge in [-0.1, -0.05) is 6.92 Å². The van der Waals surface area contributed by atoms with Crippen molar-refractivity contribution < 1.29 is 9.84 Å². The van der Waals surface area contributed by atoms with Crippen molar-refractivity contribution in [1.29, 1.82) is 0 Å². The Morgan fingerprint density at radius 3 is 2.63 bits per heavy atom. The van der Waals surface area contributed by atoms with Gasteiger partial charge >= 0.3 is 0 Å². The fraction of sp³-hybridized carbons (Fsp3) is 0.667. The first kappa shape index (κ1) is 15.6. The topological polar surface area (TPSA) is 105 Å². The molecule has 0 saturated heterocycles. The quantitative estimate of drug-likeness (QED) is 0.410. The molecule has 0 aliphatic heterocycles. The van der Waals surface area contributed by atoms with Crippen LogP contribution in [0, 0.1) is 0 Å². The van der Waals surface area contributed by atoms with Crippen molar-refractivity contribution in [3.05, 3.63) is 11.9 Å². The van der Waals surface area contributed by atoms with E-state index >= 15 is 0 Å². The maximum Gasteiger partial charge on any atom is 0.158 e. The van der Waals surface area contributed by atoms with Crippen LogP contribution in [-0.2, 0) is 11.3 Å². The number of nitrogens with two attached hydrogens (primary N) is 1. The molecule has 1 unspecified atom stereocenters. The van der Waals surface area contributed by atoms with Gasteiger partial charge in [-0.05, 0) is 19.8 Å². The van der Waals surface area contributed by atoms with Crippen LogP contribution in [0.3, 0.4) is 0 Å². The van der Waals surface area contributed by atoms with Gasteiger partial charge in [0.25, 0.3) is 0 Å². The lowest BCUT2D eigenvalue weighted by molar-refractivity contribution is 0.178. The summed E-state index contributed by atoms with van der Waals surface area (Å²) >= 11 is 0. The maximum atomic E-state index is 9.13. The van der Waals surface area contributed by atoms with E-state index < -0.39 is 0 Å². The van der Waals surface area contributed by atoms with E-state index in [9.17, 15) is 0 Å². The zero-order chi connectivity index (χ0) is 14.3. The van der Waals surface area contributed by atoms with Crippen LogP contribution >= 0.6 is 0 Å². The fourth-order valence-electron chi connectivity index (χ4n) is 1.71. The molecule has 1 aromatic heterocycles. The first-order chi connectivity index (χ1) is 9.06. The summed E-state index contributed by atoms with van der Waals surface area (Å²) in [5, 5.41) is 12.4. The predicted octanol–water partition coefficient (Wildman–Crippen LogP) is 0.872. The van der Waals surface area contributed by atoms with Crippen LogP contribution < -0.4 is 16.6 Å². The average Bonchev–Trinajstić information content (AvgIpc) is 2.39. The van der Waals surface area contributed by atoms with Gasteiger partial charge in [0.15, 0.2) is 5.82 Å². The Bertz CT molecular complexity index is 402. The van der Waals surface area contributed by atoms with Gasteiger partial charge in [-0.25, -0.2) is 15.8 Å². The Hall–Kier alpha value is -1.44. The molecular formula is C12H23N5O2. The van der Waals surface area contributed by atoms with E-state index in [0.29, 0.717) is 30.5 Å². The van der Waals surface area contributed by atoms with Crippen LogP contribution in [0.1, 0.15) is 32.5 Å². The molecule has 1 aromatic rings. The van der Waals surface area contributed by atoms with Crippen molar-refractivity contribution in [3.8, 4) is 0 Å². The minimum absolute atomic E-state index is 0.120. The Morgan fingerprint density at radius 2 is 2.11 bits per heavy atom. The number of aliphatic hydroxyl groups is 1. The van der Waals surface area contributed by atoms with Crippen molar-refractivity contribution in [2.45, 2.75) is 38.8 Å². The summed E-state index contributed by atoms with van der Waals surface area (Å²) in [5.41, 5.74) is 2.28. The first-order valence-corrected chi connectivity index (χ1v) is 6.29. The number of nitrogen functional groups attached to an aromatic ring is 1. The summed E-state index contributed by atoms with van der Waals surface area (Å²) in [5.74, 6) is 7.11. The van der Waals surface area contributed by atoms with Gasteiger partial charge in [-0.3, -0.25) is 0 Å². The number of aromatic nitrogens is 2. The number of hydrogen-bond donors (Lipinski definition) is 4. The van der Waals surface area contributed by atoms with E-state index in [1.54, 1.807) is 13.2 Å². The molecule has 7 nitrogen and oxygen atoms in total. The van der Waals surface area contributed by atoms with Gasteiger partial charge < -0.3 is 20.6 Å². The number of rotatable bonds is 8. The molecule has 7 heteroatoms. The molecule has 108 valence electrons. The van der Waals surface area contributed by atoms with E-state index in [1.807, 2.05) is 6.92 Å². The van der Waals surface area contributed by atoms with E-state index in [1.165, 1.54) is 0 Å². The molecule has 0 saturated carbocycles. The number of ether oxygens (including phenoxy) is 1. The summed E-state index contributed by atoms with van der Waals surface area (Å²) in [6.07, 6.45) is 1.50. The Kier molecular flexibility index (Phi) is 5.94. The zero-order valence-corrected chi connectivity index (χ0v) is 11.7. The maximum absolute atomic E-state index is 9.13. The van der Waals surface area contributed by atoms with E-state index in [-0.39, 0.29) is 12.1 Å². The van der Waals surface area contributed by atoms with Crippen molar-refractivity contribution in [3.63, 3.8) is 0 Å². The molecule has 1 heterocycles. The Labute approximate surface area is 113 Å². The number of hydrazine groups is 1. The van der Waals surface area contributed by atoms with Gasteiger partial charge in [0.05, 0.1) is 0 Å². The predicted molar refractivity (Wildman–Crippen MR) is 74.6 cm³/mol. The lowest BCUT2D eigenvalue weighted by Crippen LogP contribution is -2.35. The minimum atomic E-state index is -0.223. The lowest BCUT2D eigenvalue weighted by atomic mass is 9.95. The van der Waals surface area contributed by atoms with Gasteiger partial charge in [0.2, 0.25) is 0 Å². The molecular weight excluding hydrogens is 246 g/mol. The van der Waals surface area contributed by atoms with Crippen LogP contribution in [0.2, 0.25) is 0 Å². The second kappa shape index (κ2) is 7.22. The fourth-order valence-corrected chi connectivity index (χ4v) is 1.71. The number of hydrogen-bond acceptors (Lipinski definition) is 7. The monoisotopic (exact) mass is 269 g/mol. The highest BCUT2D eigenvalue weighted by Crippen LogP contribution is 2.22. The van der Waals surface area contributed by atoms with Crippen LogP contribution in [0.4, 0.5) is 11.6 Å². The second-order valence-corrected chi connectivity index (χ2v) is 4.64. The first-order valence-electron chi connectivity index (χ1n) is 6.29. The highest BCUT2D eigenvalue weighted by atomic mass is 16.5. The third kappa shape index (κ3) is 4.62. The normalized spacial score (nSPS) is 13.9. The number of aliphatic hydroxyl groups excluding tert-OH is 1. The van der Waals surface area contributed by atoms with E-state index in [4.69, 9.17) is 15.7 Å². The van der Waals surface area contributed by atoms with Crippen molar-refractivity contribution in [1.82, 2.24) is 9.97 Å². The third-order valence-electron chi connectivity index (χ3n) is 3.07. The smallest absolute Gasteiger partial charge is 0.158 e. The van der Waals surface area contributed by atoms with Crippen molar-refractivity contribution >= 4 is 11.6 Å². The van der Waals surface area contributed by atoms with Crippen LogP contribution in [0.25, 0.3) is 0 Å². The van der Waals surface area contributed by atoms with E-state index in [2.05, 4.69) is 27.6 Å². The summed E-state index contributed by atoms with van der Waals surface area (Å²) in [4.78, 5) is 8.54. The summed E-state index contributed by atoms with van der Waals surface area (Å²) < 4.78 is 5.02. The highest BCUT2D eigenvalue weighted by Gasteiger charge is 2.22. The molecule has 0 aliphatic carbocycles. The van der Waals surface area contributed by atoms with Crippen LogP contribution in [0.15, 0.2) is 6.07 Å². The lowest BCUT2D eigenvalue weighted by Gasteiger charge is -2.29. The number of anilines is 2. The second-order valence-electron chi connectivity index (χ2n) is 4.64. The van der Waals surface area contributed by atoms with Crippen molar-refractivity contribution in [2.75, 3.05) is 24.5 Å². The molecule has 0 radical (unpaired) electrons. The van der Waals surface area contributed by atoms with Crippen LogP contribution in [-0.4, -0.2) is 34.3 Å². The molecule has 0 fully saturated rings. The highest BCUT2D eigenvalue weighted by molar-refractivity contribution is 5.48. The third-order valence-corrected chi connectivity index (χ3v) is 3.07. The van der Waals surface area contributed by atoms with Gasteiger partial charge in [-0.2, -0.15) is 0 Å². The molecule has 0 aromatic carbocycles. The van der Waals surface area contributed by atoms with Gasteiger partial charge in [-0.15, -0.1) is 0 Å². The molecule has 0 bridgehead atoms. The average molecular weight is 269 g/mol. The molecule has 1 rings (SSSR count). The Morgan fingerprint density at radius 1 is 1.42 bits per heavy atom. The molecule has 0 amide bonds. The number of nitrogens with one attached hydrogen (secondary N) is 2. The van der Waals surface area contributed by atoms with Crippen molar-refractivity contribution in [2.24, 2.45) is 5.84 Å². The standard InChI is InChI=1S/C12H23N5O2/c1-4-12(2,5-6-18)16-9-7-10(17-13)15-11(14-9)8-19-3/h7,18H,4-6,8,13H2,1-3H3,(H2,14,15,16,17). The Balaban J connectivity index is 2.95. The summed E-state index contributed by atoms with van der Waals surface area (Å²) in [6, 6.07) is 1.73. The number of methoxy groups -OCH3 is 1. The summed E-state index contributed by atoms with van der Waals surface area (Å²) in [6.45, 7) is 4.53. The molecule has 0 aliphatic rings. The molecule has 1 atom stereocenters. The van der Waals surface area contributed by atoms with Gasteiger partial charge in [0.1, 0.15) is 18.2 Å². The molecule has 19 heavy (non-hydrogen) atoms. The van der Waals surface area contributed by atoms with Gasteiger partial charge in [0, 0.05) is 25.3 Å². The zero-order valence-electron chi connectivity index (χ0n) is 11.7. The number of nitrogens with zero attached hydrogens (tertiary/aromatic N) is 2. The van der Waals surface area contributed by atoms with E-state index in [0.717, 1.165) is 6.42 Å². The largest absolute Gasteiger partial charge is 0.396 e. The van der Waals surface area contributed by atoms with Crippen LogP contribution in [0.5, 0.6) is 0 Å².